The Hall–Kier alpha value is -2.74. The third kappa shape index (κ3) is 6.12. The lowest BCUT2D eigenvalue weighted by atomic mass is 9.94. The third-order valence-corrected chi connectivity index (χ3v) is 5.12. The SMILES string of the molecule is COCCn1ncc(N2CCCC(CC(=O)NCc3ccc(F)cc3)C2)cc1=O. The van der Waals surface area contributed by atoms with E-state index in [9.17, 15) is 14.0 Å². The monoisotopic (exact) mass is 402 g/mol. The lowest BCUT2D eigenvalue weighted by Crippen LogP contribution is -2.39. The number of anilines is 1. The number of halogens is 1. The summed E-state index contributed by atoms with van der Waals surface area (Å²) >= 11 is 0. The van der Waals surface area contributed by atoms with E-state index in [1.54, 1.807) is 31.5 Å². The van der Waals surface area contributed by atoms with Gasteiger partial charge >= 0.3 is 0 Å². The van der Waals surface area contributed by atoms with Crippen molar-refractivity contribution in [3.8, 4) is 0 Å². The summed E-state index contributed by atoms with van der Waals surface area (Å²) in [5.41, 5.74) is 1.50. The molecule has 0 bridgehead atoms. The molecule has 3 rings (SSSR count). The number of hydrogen-bond acceptors (Lipinski definition) is 5. The highest BCUT2D eigenvalue weighted by Gasteiger charge is 2.23. The number of ether oxygens (including phenoxy) is 1. The predicted octanol–water partition coefficient (Wildman–Crippen LogP) is 1.95. The van der Waals surface area contributed by atoms with Crippen LogP contribution in [0, 0.1) is 11.7 Å². The van der Waals surface area contributed by atoms with Gasteiger partial charge in [-0.05, 0) is 36.5 Å². The maximum absolute atomic E-state index is 13.0. The normalized spacial score (nSPS) is 16.6. The number of rotatable bonds is 8. The number of nitrogens with zero attached hydrogens (tertiary/aromatic N) is 3. The molecule has 7 nitrogen and oxygen atoms in total. The molecule has 0 radical (unpaired) electrons. The van der Waals surface area contributed by atoms with Crippen LogP contribution in [0.15, 0.2) is 41.3 Å². The Kier molecular flexibility index (Phi) is 7.35. The molecule has 1 N–H and O–H groups in total. The minimum absolute atomic E-state index is 0.0192. The van der Waals surface area contributed by atoms with E-state index in [1.807, 2.05) is 0 Å². The zero-order valence-corrected chi connectivity index (χ0v) is 16.6. The van der Waals surface area contributed by atoms with Gasteiger partial charge in [0.1, 0.15) is 5.82 Å². The molecule has 1 aliphatic heterocycles. The standard InChI is InChI=1S/C21H27FN4O3/c1-29-10-9-26-21(28)12-19(14-24-26)25-8-2-3-17(15-25)11-20(27)23-13-16-4-6-18(22)7-5-16/h4-7,12,14,17H,2-3,8-11,13,15H2,1H3,(H,23,27). The third-order valence-electron chi connectivity index (χ3n) is 5.12. The van der Waals surface area contributed by atoms with Crippen LogP contribution in [0.4, 0.5) is 10.1 Å². The largest absolute Gasteiger partial charge is 0.383 e. The molecule has 2 heterocycles. The van der Waals surface area contributed by atoms with E-state index in [1.165, 1.54) is 16.8 Å². The summed E-state index contributed by atoms with van der Waals surface area (Å²) in [5.74, 6) is -0.0922. The van der Waals surface area contributed by atoms with Gasteiger partial charge in [0.2, 0.25) is 5.91 Å². The fourth-order valence-corrected chi connectivity index (χ4v) is 3.55. The molecular formula is C21H27FN4O3. The molecule has 0 spiro atoms. The zero-order chi connectivity index (χ0) is 20.6. The fourth-order valence-electron chi connectivity index (χ4n) is 3.55. The number of hydrogen-bond donors (Lipinski definition) is 1. The summed E-state index contributed by atoms with van der Waals surface area (Å²) in [6.45, 7) is 2.81. The van der Waals surface area contributed by atoms with Gasteiger partial charge in [0.25, 0.3) is 5.56 Å². The van der Waals surface area contributed by atoms with E-state index >= 15 is 0 Å². The lowest BCUT2D eigenvalue weighted by Gasteiger charge is -2.34. The molecule has 1 aromatic heterocycles. The van der Waals surface area contributed by atoms with E-state index in [-0.39, 0.29) is 23.2 Å². The number of carbonyl (C=O) groups is 1. The second-order valence-corrected chi connectivity index (χ2v) is 7.33. The van der Waals surface area contributed by atoms with Crippen molar-refractivity contribution in [2.24, 2.45) is 5.92 Å². The quantitative estimate of drug-likeness (QED) is 0.730. The Bertz CT molecular complexity index is 869. The van der Waals surface area contributed by atoms with Crippen LogP contribution in [0.25, 0.3) is 0 Å². The van der Waals surface area contributed by atoms with Gasteiger partial charge in [-0.25, -0.2) is 9.07 Å². The summed E-state index contributed by atoms with van der Waals surface area (Å²) in [6.07, 6.45) is 4.06. The van der Waals surface area contributed by atoms with Crippen molar-refractivity contribution < 1.29 is 13.9 Å². The molecule has 8 heteroatoms. The molecule has 1 amide bonds. The first-order valence-corrected chi connectivity index (χ1v) is 9.87. The number of benzene rings is 1. The van der Waals surface area contributed by atoms with E-state index < -0.39 is 0 Å². The highest BCUT2D eigenvalue weighted by Crippen LogP contribution is 2.23. The Morgan fingerprint density at radius 3 is 2.86 bits per heavy atom. The van der Waals surface area contributed by atoms with Crippen LogP contribution in [0.2, 0.25) is 0 Å². The maximum atomic E-state index is 13.0. The number of carbonyl (C=O) groups excluding carboxylic acids is 1. The van der Waals surface area contributed by atoms with Crippen LogP contribution in [0.1, 0.15) is 24.8 Å². The van der Waals surface area contributed by atoms with Gasteiger partial charge < -0.3 is 15.0 Å². The highest BCUT2D eigenvalue weighted by atomic mass is 19.1. The summed E-state index contributed by atoms with van der Waals surface area (Å²) in [5, 5.41) is 7.12. The molecule has 156 valence electrons. The fraction of sp³-hybridized carbons (Fsp3) is 0.476. The second-order valence-electron chi connectivity index (χ2n) is 7.33. The smallest absolute Gasteiger partial charge is 0.268 e. The Morgan fingerprint density at radius 1 is 1.34 bits per heavy atom. The zero-order valence-electron chi connectivity index (χ0n) is 16.6. The number of aromatic nitrogens is 2. The molecule has 1 fully saturated rings. The van der Waals surface area contributed by atoms with Crippen LogP contribution in [-0.4, -0.2) is 42.5 Å². The minimum Gasteiger partial charge on any atom is -0.383 e. The van der Waals surface area contributed by atoms with E-state index in [2.05, 4.69) is 15.3 Å². The molecule has 1 aliphatic rings. The molecule has 2 aromatic rings. The number of methoxy groups -OCH3 is 1. The summed E-state index contributed by atoms with van der Waals surface area (Å²) in [6, 6.07) is 7.70. The summed E-state index contributed by atoms with van der Waals surface area (Å²) < 4.78 is 19.3. The number of nitrogens with one attached hydrogen (secondary N) is 1. The maximum Gasteiger partial charge on any atom is 0.268 e. The van der Waals surface area contributed by atoms with Crippen molar-refractivity contribution in [3.05, 3.63) is 58.3 Å². The topological polar surface area (TPSA) is 76.5 Å². The number of piperidine rings is 1. The van der Waals surface area contributed by atoms with Gasteiger partial charge in [0.15, 0.2) is 0 Å². The Balaban J connectivity index is 1.52. The summed E-state index contributed by atoms with van der Waals surface area (Å²) in [7, 11) is 1.59. The Morgan fingerprint density at radius 2 is 2.14 bits per heavy atom. The van der Waals surface area contributed by atoms with Gasteiger partial charge in [0.05, 0.1) is 25.0 Å². The molecular weight excluding hydrogens is 375 g/mol. The first-order chi connectivity index (χ1) is 14.0. The van der Waals surface area contributed by atoms with Crippen molar-refractivity contribution in [2.75, 3.05) is 31.7 Å². The van der Waals surface area contributed by atoms with Crippen LogP contribution >= 0.6 is 0 Å². The van der Waals surface area contributed by atoms with Gasteiger partial charge in [-0.3, -0.25) is 9.59 Å². The van der Waals surface area contributed by atoms with Gasteiger partial charge in [0, 0.05) is 39.2 Å². The van der Waals surface area contributed by atoms with E-state index in [4.69, 9.17) is 4.74 Å². The molecule has 1 unspecified atom stereocenters. The van der Waals surface area contributed by atoms with Gasteiger partial charge in [-0.2, -0.15) is 5.10 Å². The average molecular weight is 402 g/mol. The van der Waals surface area contributed by atoms with Crippen molar-refractivity contribution in [2.45, 2.75) is 32.4 Å². The molecule has 0 aliphatic carbocycles. The van der Waals surface area contributed by atoms with Crippen molar-refractivity contribution in [3.63, 3.8) is 0 Å². The molecule has 1 atom stereocenters. The first-order valence-electron chi connectivity index (χ1n) is 9.87. The van der Waals surface area contributed by atoms with Crippen molar-refractivity contribution in [1.29, 1.82) is 0 Å². The van der Waals surface area contributed by atoms with Gasteiger partial charge in [-0.1, -0.05) is 12.1 Å². The van der Waals surface area contributed by atoms with E-state index in [0.29, 0.717) is 32.7 Å². The van der Waals surface area contributed by atoms with Crippen LogP contribution in [0.5, 0.6) is 0 Å². The number of amides is 1. The van der Waals surface area contributed by atoms with Crippen molar-refractivity contribution >= 4 is 11.6 Å². The van der Waals surface area contributed by atoms with E-state index in [0.717, 1.165) is 30.6 Å². The first kappa shape index (κ1) is 21.0. The lowest BCUT2D eigenvalue weighted by molar-refractivity contribution is -0.122. The van der Waals surface area contributed by atoms with Crippen LogP contribution in [0.3, 0.4) is 0 Å². The molecule has 1 aromatic carbocycles. The average Bonchev–Trinajstić information content (AvgIpc) is 2.72. The highest BCUT2D eigenvalue weighted by molar-refractivity contribution is 5.76. The van der Waals surface area contributed by atoms with Gasteiger partial charge in [-0.15, -0.1) is 0 Å². The van der Waals surface area contributed by atoms with Crippen LogP contribution < -0.4 is 15.8 Å². The Labute approximate surface area is 169 Å². The molecule has 1 saturated heterocycles. The summed E-state index contributed by atoms with van der Waals surface area (Å²) in [4.78, 5) is 26.7. The second kappa shape index (κ2) is 10.2. The van der Waals surface area contributed by atoms with Crippen molar-refractivity contribution in [1.82, 2.24) is 15.1 Å². The van der Waals surface area contributed by atoms with Crippen LogP contribution in [-0.2, 0) is 22.6 Å². The molecule has 0 saturated carbocycles. The predicted molar refractivity (Wildman–Crippen MR) is 108 cm³/mol. The molecule has 29 heavy (non-hydrogen) atoms. The minimum atomic E-state index is -0.289.